The van der Waals surface area contributed by atoms with Gasteiger partial charge in [-0.1, -0.05) is 24.3 Å². The second kappa shape index (κ2) is 11.1. The van der Waals surface area contributed by atoms with Crippen LogP contribution in [0.2, 0.25) is 0 Å². The lowest BCUT2D eigenvalue weighted by Crippen LogP contribution is -2.47. The van der Waals surface area contributed by atoms with E-state index in [9.17, 15) is 33.7 Å². The molecule has 1 aliphatic heterocycles. The monoisotopic (exact) mass is 586 g/mol. The van der Waals surface area contributed by atoms with Gasteiger partial charge in [0.15, 0.2) is 0 Å². The van der Waals surface area contributed by atoms with Crippen molar-refractivity contribution in [2.45, 2.75) is 32.7 Å². The molecule has 1 fully saturated rings. The number of nitro benzene ring substituents is 1. The number of amides is 4. The number of fused-ring (bicyclic) bond motifs is 1. The SMILES string of the molecule is Cc1cc(N2C(=O)N(CCNC(=O)c3cc(Cc4n[nH]c(=O)c5ccccc45)ccc3F)C(C)(C)C2=O)ccc1[N+](=O)[O-]. The number of carbonyl (C=O) groups excluding carboxylic acids is 3. The number of halogens is 1. The lowest BCUT2D eigenvalue weighted by molar-refractivity contribution is -0.385. The first kappa shape index (κ1) is 29.0. The third kappa shape index (κ3) is 5.32. The van der Waals surface area contributed by atoms with E-state index in [0.29, 0.717) is 27.6 Å². The molecular weight excluding hydrogens is 559 g/mol. The number of imide groups is 1. The Morgan fingerprint density at radius 3 is 2.49 bits per heavy atom. The Balaban J connectivity index is 1.29. The van der Waals surface area contributed by atoms with Crippen molar-refractivity contribution in [1.82, 2.24) is 20.4 Å². The summed E-state index contributed by atoms with van der Waals surface area (Å²) in [7, 11) is 0. The van der Waals surface area contributed by atoms with Gasteiger partial charge in [-0.05, 0) is 56.7 Å². The molecule has 1 aromatic heterocycles. The van der Waals surface area contributed by atoms with E-state index in [1.165, 1.54) is 48.2 Å². The fraction of sp³-hybridized carbons (Fsp3) is 0.233. The molecule has 43 heavy (non-hydrogen) atoms. The Hall–Kier alpha value is -5.46. The van der Waals surface area contributed by atoms with Crippen molar-refractivity contribution in [2.75, 3.05) is 18.0 Å². The number of hydrogen-bond acceptors (Lipinski definition) is 7. The molecule has 4 aromatic rings. The highest BCUT2D eigenvalue weighted by Gasteiger charge is 2.51. The molecule has 0 saturated carbocycles. The van der Waals surface area contributed by atoms with Crippen LogP contribution < -0.4 is 15.8 Å². The van der Waals surface area contributed by atoms with Crippen LogP contribution in [0.5, 0.6) is 0 Å². The Morgan fingerprint density at radius 2 is 1.79 bits per heavy atom. The number of aromatic amines is 1. The summed E-state index contributed by atoms with van der Waals surface area (Å²) in [4.78, 5) is 64.4. The maximum atomic E-state index is 14.7. The highest BCUT2D eigenvalue weighted by molar-refractivity contribution is 6.23. The van der Waals surface area contributed by atoms with Gasteiger partial charge < -0.3 is 10.2 Å². The van der Waals surface area contributed by atoms with Gasteiger partial charge in [-0.2, -0.15) is 5.10 Å². The average Bonchev–Trinajstić information content (AvgIpc) is 3.14. The molecule has 0 radical (unpaired) electrons. The van der Waals surface area contributed by atoms with Crippen molar-refractivity contribution in [2.24, 2.45) is 0 Å². The molecule has 3 aromatic carbocycles. The predicted octanol–water partition coefficient (Wildman–Crippen LogP) is 3.85. The van der Waals surface area contributed by atoms with Gasteiger partial charge in [0.25, 0.3) is 23.1 Å². The van der Waals surface area contributed by atoms with Gasteiger partial charge in [-0.25, -0.2) is 19.2 Å². The van der Waals surface area contributed by atoms with Crippen LogP contribution in [-0.4, -0.2) is 56.5 Å². The third-order valence-corrected chi connectivity index (χ3v) is 7.50. The van der Waals surface area contributed by atoms with Gasteiger partial charge in [-0.15, -0.1) is 0 Å². The minimum atomic E-state index is -1.27. The number of nitrogens with one attached hydrogen (secondary N) is 2. The molecule has 4 amide bonds. The minimum absolute atomic E-state index is 0.0552. The van der Waals surface area contributed by atoms with Crippen LogP contribution in [0.3, 0.4) is 0 Å². The molecule has 2 N–H and O–H groups in total. The molecule has 5 rings (SSSR count). The molecule has 0 unspecified atom stereocenters. The quantitative estimate of drug-likeness (QED) is 0.180. The number of urea groups is 1. The van der Waals surface area contributed by atoms with Gasteiger partial charge in [0.05, 0.1) is 27.3 Å². The van der Waals surface area contributed by atoms with Crippen LogP contribution in [0, 0.1) is 22.9 Å². The van der Waals surface area contributed by atoms with Crippen LogP contribution in [0.15, 0.2) is 65.5 Å². The summed E-state index contributed by atoms with van der Waals surface area (Å²) < 4.78 is 14.7. The van der Waals surface area contributed by atoms with Crippen LogP contribution in [0.4, 0.5) is 20.6 Å². The summed E-state index contributed by atoms with van der Waals surface area (Å²) in [5.41, 5.74) is -0.312. The van der Waals surface area contributed by atoms with E-state index in [-0.39, 0.29) is 42.0 Å². The first-order valence-electron chi connectivity index (χ1n) is 13.3. The van der Waals surface area contributed by atoms with Gasteiger partial charge >= 0.3 is 6.03 Å². The normalized spacial score (nSPS) is 14.4. The molecule has 0 spiro atoms. The Bertz CT molecular complexity index is 1870. The van der Waals surface area contributed by atoms with E-state index in [1.54, 1.807) is 38.1 Å². The number of benzene rings is 3. The molecule has 2 heterocycles. The molecule has 0 aliphatic carbocycles. The number of nitro groups is 1. The van der Waals surface area contributed by atoms with Crippen LogP contribution in [0.25, 0.3) is 10.8 Å². The first-order valence-corrected chi connectivity index (χ1v) is 13.3. The zero-order valence-electron chi connectivity index (χ0n) is 23.5. The van der Waals surface area contributed by atoms with Crippen LogP contribution in [0.1, 0.15) is 41.0 Å². The van der Waals surface area contributed by atoms with Crippen molar-refractivity contribution in [3.05, 3.63) is 109 Å². The number of rotatable bonds is 8. The summed E-state index contributed by atoms with van der Waals surface area (Å²) in [5.74, 6) is -1.98. The average molecular weight is 587 g/mol. The summed E-state index contributed by atoms with van der Waals surface area (Å²) >= 11 is 0. The summed E-state index contributed by atoms with van der Waals surface area (Å²) in [6.45, 7) is 4.50. The van der Waals surface area contributed by atoms with Crippen molar-refractivity contribution < 1.29 is 23.7 Å². The largest absolute Gasteiger partial charge is 0.350 e. The van der Waals surface area contributed by atoms with E-state index < -0.39 is 34.1 Å². The number of anilines is 1. The van der Waals surface area contributed by atoms with Gasteiger partial charge in [0.2, 0.25) is 0 Å². The highest BCUT2D eigenvalue weighted by Crippen LogP contribution is 2.33. The molecule has 220 valence electrons. The minimum Gasteiger partial charge on any atom is -0.350 e. The second-order valence-corrected chi connectivity index (χ2v) is 10.7. The number of aromatic nitrogens is 2. The van der Waals surface area contributed by atoms with Crippen LogP contribution in [-0.2, 0) is 11.2 Å². The van der Waals surface area contributed by atoms with Crippen molar-refractivity contribution in [3.8, 4) is 0 Å². The third-order valence-electron chi connectivity index (χ3n) is 7.50. The number of carbonyl (C=O) groups is 3. The van der Waals surface area contributed by atoms with E-state index >= 15 is 0 Å². The number of H-pyrrole nitrogens is 1. The zero-order valence-corrected chi connectivity index (χ0v) is 23.5. The highest BCUT2D eigenvalue weighted by atomic mass is 19.1. The van der Waals surface area contributed by atoms with Gasteiger partial charge in [-0.3, -0.25) is 24.5 Å². The Morgan fingerprint density at radius 1 is 1.07 bits per heavy atom. The molecular formula is C30H27FN6O6. The first-order chi connectivity index (χ1) is 20.4. The van der Waals surface area contributed by atoms with E-state index in [0.717, 1.165) is 4.90 Å². The van der Waals surface area contributed by atoms with Gasteiger partial charge in [0, 0.05) is 36.5 Å². The molecule has 1 aliphatic rings. The fourth-order valence-electron chi connectivity index (χ4n) is 5.15. The summed E-state index contributed by atoms with van der Waals surface area (Å²) in [6.07, 6.45) is 0.231. The Kier molecular flexibility index (Phi) is 7.48. The number of aryl methyl sites for hydroxylation is 1. The summed E-state index contributed by atoms with van der Waals surface area (Å²) in [5, 5.41) is 21.5. The van der Waals surface area contributed by atoms with Crippen molar-refractivity contribution in [3.63, 3.8) is 0 Å². The molecule has 13 heteroatoms. The zero-order chi connectivity index (χ0) is 31.1. The Labute approximate surface area is 244 Å². The molecule has 0 atom stereocenters. The van der Waals surface area contributed by atoms with E-state index in [4.69, 9.17) is 0 Å². The van der Waals surface area contributed by atoms with E-state index in [2.05, 4.69) is 15.5 Å². The van der Waals surface area contributed by atoms with Gasteiger partial charge in [0.1, 0.15) is 11.4 Å². The topological polar surface area (TPSA) is 159 Å². The van der Waals surface area contributed by atoms with Crippen molar-refractivity contribution in [1.29, 1.82) is 0 Å². The number of nitrogens with zero attached hydrogens (tertiary/aromatic N) is 4. The predicted molar refractivity (Wildman–Crippen MR) is 155 cm³/mol. The molecule has 12 nitrogen and oxygen atoms in total. The standard InChI is InChI=1S/C30H27FN6O6/c1-17-14-19(9-11-25(17)37(42)43)36-28(40)30(2,3)35(29(36)41)13-12-32-26(38)22-15-18(8-10-23(22)31)16-24-20-6-4-5-7-21(20)27(39)34-33-24/h4-11,14-15H,12-13,16H2,1-3H3,(H,32,38)(H,34,39). The smallest absolute Gasteiger partial charge is 0.332 e. The maximum absolute atomic E-state index is 14.7. The van der Waals surface area contributed by atoms with E-state index in [1.807, 2.05) is 0 Å². The lowest BCUT2D eigenvalue weighted by Gasteiger charge is -2.27. The van der Waals surface area contributed by atoms with Crippen molar-refractivity contribution >= 4 is 40.0 Å². The molecule has 0 bridgehead atoms. The molecule has 1 saturated heterocycles. The number of hydrogen-bond donors (Lipinski definition) is 2. The second-order valence-electron chi connectivity index (χ2n) is 10.7. The maximum Gasteiger partial charge on any atom is 0.332 e. The fourth-order valence-corrected chi connectivity index (χ4v) is 5.15. The van der Waals surface area contributed by atoms with Crippen LogP contribution >= 0.6 is 0 Å². The lowest BCUT2D eigenvalue weighted by atomic mass is 10.0. The summed E-state index contributed by atoms with van der Waals surface area (Å²) in [6, 6.07) is 14.4.